The summed E-state index contributed by atoms with van der Waals surface area (Å²) in [6.07, 6.45) is -1.35. The number of ether oxygens (including phenoxy) is 1. The molecule has 0 aliphatic heterocycles. The molecule has 1 aromatic carbocycles. The zero-order chi connectivity index (χ0) is 21.9. The van der Waals surface area contributed by atoms with Gasteiger partial charge in [0.05, 0.1) is 16.9 Å². The molecule has 0 saturated heterocycles. The maximum atomic E-state index is 13.1. The van der Waals surface area contributed by atoms with Gasteiger partial charge in [-0.2, -0.15) is 18.3 Å². The Balaban J connectivity index is 1.74. The van der Waals surface area contributed by atoms with Crippen LogP contribution in [0.1, 0.15) is 32.6 Å². The number of esters is 1. The van der Waals surface area contributed by atoms with E-state index in [0.29, 0.717) is 4.88 Å². The maximum absolute atomic E-state index is 13.1. The highest BCUT2D eigenvalue weighted by Crippen LogP contribution is 2.33. The Morgan fingerprint density at radius 2 is 2.03 bits per heavy atom. The first-order valence-corrected chi connectivity index (χ1v) is 9.63. The van der Waals surface area contributed by atoms with Gasteiger partial charge in [0.1, 0.15) is 17.5 Å². The SMILES string of the molecule is CCc1cc(C(=O)OCC(=O)Nc2cc(C(F)(F)F)ccc2-n2cncn2)sc1C. The van der Waals surface area contributed by atoms with E-state index in [1.165, 1.54) is 34.7 Å². The van der Waals surface area contributed by atoms with Crippen molar-refractivity contribution in [1.29, 1.82) is 0 Å². The molecule has 1 N–H and O–H groups in total. The highest BCUT2D eigenvalue weighted by molar-refractivity contribution is 7.14. The molecule has 0 aliphatic rings. The molecule has 0 fully saturated rings. The minimum absolute atomic E-state index is 0.142. The molecule has 1 amide bonds. The standard InChI is InChI=1S/C19H17F3N4O3S/c1-3-12-6-16(30-11(12)2)18(28)29-8-17(27)25-14-7-13(19(20,21)22)4-5-15(14)26-10-23-9-24-26/h4-7,9-10H,3,8H2,1-2H3,(H,25,27). The smallest absolute Gasteiger partial charge is 0.416 e. The molecule has 0 saturated carbocycles. The number of benzene rings is 1. The Bertz CT molecular complexity index is 1060. The van der Waals surface area contributed by atoms with E-state index >= 15 is 0 Å². The van der Waals surface area contributed by atoms with Crippen LogP contribution in [0.25, 0.3) is 5.69 Å². The molecule has 0 radical (unpaired) electrons. The molecule has 0 aliphatic carbocycles. The highest BCUT2D eigenvalue weighted by atomic mass is 32.1. The van der Waals surface area contributed by atoms with Gasteiger partial charge in [0.25, 0.3) is 5.91 Å². The number of nitrogens with zero attached hydrogens (tertiary/aromatic N) is 3. The lowest BCUT2D eigenvalue weighted by molar-refractivity contribution is -0.137. The molecule has 3 rings (SSSR count). The number of alkyl halides is 3. The molecule has 7 nitrogen and oxygen atoms in total. The molecule has 11 heteroatoms. The highest BCUT2D eigenvalue weighted by Gasteiger charge is 2.31. The van der Waals surface area contributed by atoms with Crippen molar-refractivity contribution in [2.24, 2.45) is 0 Å². The average Bonchev–Trinajstić information content (AvgIpc) is 3.35. The van der Waals surface area contributed by atoms with Crippen molar-refractivity contribution < 1.29 is 27.5 Å². The molecule has 158 valence electrons. The molecule has 0 spiro atoms. The number of thiophene rings is 1. The summed E-state index contributed by atoms with van der Waals surface area (Å²) < 4.78 is 45.4. The largest absolute Gasteiger partial charge is 0.451 e. The van der Waals surface area contributed by atoms with Crippen LogP contribution in [-0.2, 0) is 22.1 Å². The summed E-state index contributed by atoms with van der Waals surface area (Å²) in [5.41, 5.74) is 0.107. The number of carbonyl (C=O) groups is 2. The fourth-order valence-electron chi connectivity index (χ4n) is 2.70. The van der Waals surface area contributed by atoms with Crippen LogP contribution in [0.5, 0.6) is 0 Å². The monoisotopic (exact) mass is 438 g/mol. The number of hydrogen-bond acceptors (Lipinski definition) is 6. The molecular weight excluding hydrogens is 421 g/mol. The summed E-state index contributed by atoms with van der Waals surface area (Å²) in [6.45, 7) is 3.19. The van der Waals surface area contributed by atoms with Gasteiger partial charge in [0.15, 0.2) is 6.61 Å². The van der Waals surface area contributed by atoms with Gasteiger partial charge in [-0.1, -0.05) is 6.92 Å². The van der Waals surface area contributed by atoms with Crippen LogP contribution < -0.4 is 5.32 Å². The zero-order valence-corrected chi connectivity index (χ0v) is 16.8. The second kappa shape index (κ2) is 8.66. The van der Waals surface area contributed by atoms with Crippen LogP contribution >= 0.6 is 11.3 Å². The van der Waals surface area contributed by atoms with Crippen molar-refractivity contribution in [1.82, 2.24) is 14.8 Å². The lowest BCUT2D eigenvalue weighted by atomic mass is 10.1. The average molecular weight is 438 g/mol. The van der Waals surface area contributed by atoms with E-state index in [9.17, 15) is 22.8 Å². The van der Waals surface area contributed by atoms with E-state index in [1.807, 2.05) is 13.8 Å². The van der Waals surface area contributed by atoms with Crippen LogP contribution in [0.2, 0.25) is 0 Å². The van der Waals surface area contributed by atoms with E-state index in [-0.39, 0.29) is 11.4 Å². The number of rotatable bonds is 6. The first kappa shape index (κ1) is 21.5. The molecule has 30 heavy (non-hydrogen) atoms. The van der Waals surface area contributed by atoms with E-state index in [2.05, 4.69) is 15.4 Å². The van der Waals surface area contributed by atoms with Gasteiger partial charge in [0.2, 0.25) is 0 Å². The third kappa shape index (κ3) is 4.85. The zero-order valence-electron chi connectivity index (χ0n) is 16.0. The molecule has 0 atom stereocenters. The van der Waals surface area contributed by atoms with Gasteiger partial charge in [-0.3, -0.25) is 4.79 Å². The number of aromatic nitrogens is 3. The van der Waals surface area contributed by atoms with Gasteiger partial charge in [0, 0.05) is 4.88 Å². The summed E-state index contributed by atoms with van der Waals surface area (Å²) in [5, 5.41) is 6.21. The minimum Gasteiger partial charge on any atom is -0.451 e. The van der Waals surface area contributed by atoms with Crippen LogP contribution in [0.15, 0.2) is 36.9 Å². The van der Waals surface area contributed by atoms with Crippen molar-refractivity contribution in [3.8, 4) is 5.69 Å². The number of aryl methyl sites for hydroxylation is 2. The topological polar surface area (TPSA) is 86.1 Å². The summed E-state index contributed by atoms with van der Waals surface area (Å²) >= 11 is 1.26. The summed E-state index contributed by atoms with van der Waals surface area (Å²) in [5.74, 6) is -1.45. The predicted octanol–water partition coefficient (Wildman–Crippen LogP) is 4.01. The van der Waals surface area contributed by atoms with Gasteiger partial charge in [-0.25, -0.2) is 14.5 Å². The molecular formula is C19H17F3N4O3S. The number of hydrogen-bond donors (Lipinski definition) is 1. The molecule has 3 aromatic rings. The fourth-order valence-corrected chi connectivity index (χ4v) is 3.71. The third-order valence-corrected chi connectivity index (χ3v) is 5.27. The minimum atomic E-state index is -4.60. The Morgan fingerprint density at radius 1 is 1.27 bits per heavy atom. The van der Waals surface area contributed by atoms with Crippen LogP contribution in [0.3, 0.4) is 0 Å². The Labute approximate surface area is 173 Å². The van der Waals surface area contributed by atoms with Gasteiger partial charge >= 0.3 is 12.1 Å². The summed E-state index contributed by atoms with van der Waals surface area (Å²) in [6, 6.07) is 4.53. The number of amides is 1. The van der Waals surface area contributed by atoms with Gasteiger partial charge in [-0.05, 0) is 43.2 Å². The van der Waals surface area contributed by atoms with Gasteiger partial charge < -0.3 is 10.1 Å². The van der Waals surface area contributed by atoms with E-state index in [0.717, 1.165) is 29.0 Å². The van der Waals surface area contributed by atoms with Crippen molar-refractivity contribution in [3.63, 3.8) is 0 Å². The van der Waals surface area contributed by atoms with Crippen LogP contribution in [0, 0.1) is 6.92 Å². The number of carbonyl (C=O) groups excluding carboxylic acids is 2. The molecule has 2 aromatic heterocycles. The number of anilines is 1. The second-order valence-corrected chi connectivity index (χ2v) is 7.50. The van der Waals surface area contributed by atoms with Gasteiger partial charge in [-0.15, -0.1) is 11.3 Å². The second-order valence-electron chi connectivity index (χ2n) is 6.24. The summed E-state index contributed by atoms with van der Waals surface area (Å²) in [7, 11) is 0. The molecule has 0 bridgehead atoms. The van der Waals surface area contributed by atoms with Crippen LogP contribution in [-0.4, -0.2) is 33.2 Å². The first-order valence-electron chi connectivity index (χ1n) is 8.81. The lowest BCUT2D eigenvalue weighted by Gasteiger charge is -2.14. The fraction of sp³-hybridized carbons (Fsp3) is 0.263. The summed E-state index contributed by atoms with van der Waals surface area (Å²) in [4.78, 5) is 29.5. The normalized spacial score (nSPS) is 11.4. The van der Waals surface area contributed by atoms with Crippen molar-refractivity contribution in [2.75, 3.05) is 11.9 Å². The number of nitrogens with one attached hydrogen (secondary N) is 1. The Morgan fingerprint density at radius 3 is 2.63 bits per heavy atom. The number of halogens is 3. The Kier molecular flexibility index (Phi) is 6.20. The first-order chi connectivity index (χ1) is 14.2. The predicted molar refractivity (Wildman–Crippen MR) is 104 cm³/mol. The molecule has 2 heterocycles. The van der Waals surface area contributed by atoms with Crippen molar-refractivity contribution >= 4 is 28.9 Å². The molecule has 0 unspecified atom stereocenters. The van der Waals surface area contributed by atoms with Crippen molar-refractivity contribution in [3.05, 3.63) is 57.8 Å². The Hall–Kier alpha value is -3.21. The quantitative estimate of drug-likeness (QED) is 0.588. The van der Waals surface area contributed by atoms with Crippen LogP contribution in [0.4, 0.5) is 18.9 Å². The van der Waals surface area contributed by atoms with E-state index in [4.69, 9.17) is 4.74 Å². The van der Waals surface area contributed by atoms with E-state index in [1.54, 1.807) is 6.07 Å². The lowest BCUT2D eigenvalue weighted by Crippen LogP contribution is -2.22. The van der Waals surface area contributed by atoms with Crippen molar-refractivity contribution in [2.45, 2.75) is 26.4 Å². The van der Waals surface area contributed by atoms with E-state index < -0.39 is 30.2 Å². The third-order valence-electron chi connectivity index (χ3n) is 4.20. The maximum Gasteiger partial charge on any atom is 0.416 e.